The van der Waals surface area contributed by atoms with Crippen molar-refractivity contribution < 1.29 is 9.31 Å². The Morgan fingerprint density at radius 1 is 0.550 bits per heavy atom. The summed E-state index contributed by atoms with van der Waals surface area (Å²) in [5.74, 6) is 0. The highest BCUT2D eigenvalue weighted by molar-refractivity contribution is 8.01. The summed E-state index contributed by atoms with van der Waals surface area (Å²) in [6, 6.07) is 45.7. The normalized spacial score (nSPS) is 16.1. The maximum absolute atomic E-state index is 6.27. The monoisotopic (exact) mass is 542 g/mol. The molecule has 198 valence electrons. The molecular formula is C35H34BNO2P+. The van der Waals surface area contributed by atoms with Crippen LogP contribution in [0.15, 0.2) is 134 Å². The molecule has 1 aromatic heterocycles. The quantitative estimate of drug-likeness (QED) is 0.205. The van der Waals surface area contributed by atoms with Crippen LogP contribution in [-0.2, 0) is 9.31 Å². The Bertz CT molecular complexity index is 1480. The van der Waals surface area contributed by atoms with Gasteiger partial charge >= 0.3 is 7.12 Å². The summed E-state index contributed by atoms with van der Waals surface area (Å²) in [6.45, 7) is 8.33. The van der Waals surface area contributed by atoms with Gasteiger partial charge in [0, 0.05) is 17.8 Å². The lowest BCUT2D eigenvalue weighted by Crippen LogP contribution is -2.41. The van der Waals surface area contributed by atoms with Gasteiger partial charge in [0.15, 0.2) is 0 Å². The molecule has 0 bridgehead atoms. The fraction of sp³-hybridized carbons (Fsp3) is 0.171. The molecule has 0 spiro atoms. The van der Waals surface area contributed by atoms with Gasteiger partial charge in [0.05, 0.1) is 16.9 Å². The Kier molecular flexibility index (Phi) is 6.96. The third-order valence-corrected chi connectivity index (χ3v) is 12.6. The minimum absolute atomic E-state index is 0.369. The molecule has 0 N–H and O–H groups in total. The van der Waals surface area contributed by atoms with Crippen LogP contribution in [0.5, 0.6) is 0 Å². The number of hydrogen-bond donors (Lipinski definition) is 0. The fourth-order valence-electron chi connectivity index (χ4n) is 5.43. The fourth-order valence-corrected chi connectivity index (χ4v) is 9.68. The number of benzene rings is 4. The second-order valence-electron chi connectivity index (χ2n) is 11.3. The van der Waals surface area contributed by atoms with Crippen molar-refractivity contribution in [2.45, 2.75) is 38.9 Å². The largest absolute Gasteiger partial charge is 0.494 e. The molecule has 0 amide bonds. The second-order valence-corrected chi connectivity index (χ2v) is 14.7. The Labute approximate surface area is 238 Å². The molecule has 5 heteroatoms. The number of hydrogen-bond acceptors (Lipinski definition) is 3. The minimum Gasteiger partial charge on any atom is -0.399 e. The van der Waals surface area contributed by atoms with Crippen molar-refractivity contribution in [3.8, 4) is 11.3 Å². The molecule has 4 aromatic carbocycles. The average Bonchev–Trinajstić information content (AvgIpc) is 3.22. The molecule has 2 heterocycles. The second kappa shape index (κ2) is 10.4. The van der Waals surface area contributed by atoms with E-state index in [9.17, 15) is 0 Å². The zero-order chi connectivity index (χ0) is 27.8. The highest BCUT2D eigenvalue weighted by Gasteiger charge is 2.52. The van der Waals surface area contributed by atoms with E-state index in [2.05, 4.69) is 155 Å². The first-order valence-corrected chi connectivity index (χ1v) is 15.6. The number of nitrogens with zero attached hydrogens (tertiary/aromatic N) is 1. The predicted molar refractivity (Wildman–Crippen MR) is 170 cm³/mol. The van der Waals surface area contributed by atoms with Gasteiger partial charge in [-0.1, -0.05) is 78.9 Å². The van der Waals surface area contributed by atoms with Crippen LogP contribution in [0.1, 0.15) is 27.7 Å². The van der Waals surface area contributed by atoms with E-state index < -0.39 is 7.26 Å². The van der Waals surface area contributed by atoms with Crippen molar-refractivity contribution >= 4 is 41.1 Å². The molecule has 1 fully saturated rings. The first kappa shape index (κ1) is 26.7. The Balaban J connectivity index is 1.46. The summed E-state index contributed by atoms with van der Waals surface area (Å²) < 4.78 is 12.5. The van der Waals surface area contributed by atoms with E-state index in [-0.39, 0.29) is 18.3 Å². The van der Waals surface area contributed by atoms with E-state index in [1.54, 1.807) is 0 Å². The summed E-state index contributed by atoms with van der Waals surface area (Å²) in [5.41, 5.74) is 2.29. The van der Waals surface area contributed by atoms with Crippen LogP contribution >= 0.6 is 7.26 Å². The molecule has 5 aromatic rings. The van der Waals surface area contributed by atoms with Crippen LogP contribution in [0.25, 0.3) is 11.3 Å². The first-order chi connectivity index (χ1) is 19.3. The summed E-state index contributed by atoms with van der Waals surface area (Å²) in [5, 5.41) is 5.23. The molecule has 0 unspecified atom stereocenters. The minimum atomic E-state index is -2.19. The molecule has 1 saturated heterocycles. The molecule has 1 aliphatic heterocycles. The lowest BCUT2D eigenvalue weighted by molar-refractivity contribution is 0.00578. The smallest absolute Gasteiger partial charge is 0.399 e. The van der Waals surface area contributed by atoms with Crippen molar-refractivity contribution in [1.82, 2.24) is 4.98 Å². The third-order valence-electron chi connectivity index (χ3n) is 8.29. The van der Waals surface area contributed by atoms with Crippen molar-refractivity contribution in [2.75, 3.05) is 0 Å². The highest BCUT2D eigenvalue weighted by atomic mass is 31.2. The Morgan fingerprint density at radius 3 is 1.45 bits per heavy atom. The van der Waals surface area contributed by atoms with Crippen LogP contribution in [0.4, 0.5) is 0 Å². The molecule has 40 heavy (non-hydrogen) atoms. The molecule has 0 radical (unpaired) electrons. The van der Waals surface area contributed by atoms with E-state index in [4.69, 9.17) is 14.3 Å². The van der Waals surface area contributed by atoms with Gasteiger partial charge in [0.2, 0.25) is 0 Å². The predicted octanol–water partition coefficient (Wildman–Crippen LogP) is 5.67. The van der Waals surface area contributed by atoms with Crippen LogP contribution < -0.4 is 26.7 Å². The van der Waals surface area contributed by atoms with Gasteiger partial charge in [-0.15, -0.1) is 0 Å². The maximum Gasteiger partial charge on any atom is 0.494 e. The topological polar surface area (TPSA) is 31.4 Å². The standard InChI is InChI=1S/C35H34BNO2P/c1-34(2)35(3,4)39-36(38-34)28-22-20-27(21-23-28)33-26-32(24-25-37-33)40(29-14-8-5-9-15-29,30-16-10-6-11-17-30)31-18-12-7-13-19-31/h5-26H,1-4H3/q+1. The van der Waals surface area contributed by atoms with Crippen LogP contribution in [0.2, 0.25) is 0 Å². The Hall–Kier alpha value is -3.56. The van der Waals surface area contributed by atoms with E-state index in [0.717, 1.165) is 16.7 Å². The van der Waals surface area contributed by atoms with Crippen LogP contribution in [-0.4, -0.2) is 23.3 Å². The average molecular weight is 542 g/mol. The Morgan fingerprint density at radius 2 is 1.00 bits per heavy atom. The maximum atomic E-state index is 6.27. The van der Waals surface area contributed by atoms with Gasteiger partial charge in [0.25, 0.3) is 0 Å². The molecule has 0 atom stereocenters. The third kappa shape index (κ3) is 4.61. The van der Waals surface area contributed by atoms with E-state index in [1.807, 2.05) is 6.20 Å². The van der Waals surface area contributed by atoms with Crippen molar-refractivity contribution in [1.29, 1.82) is 0 Å². The number of aromatic nitrogens is 1. The van der Waals surface area contributed by atoms with E-state index >= 15 is 0 Å². The van der Waals surface area contributed by atoms with Gasteiger partial charge < -0.3 is 9.31 Å². The zero-order valence-corrected chi connectivity index (χ0v) is 24.4. The summed E-state index contributed by atoms with van der Waals surface area (Å²) in [4.78, 5) is 4.83. The van der Waals surface area contributed by atoms with Crippen molar-refractivity contribution in [3.63, 3.8) is 0 Å². The molecule has 0 aliphatic carbocycles. The van der Waals surface area contributed by atoms with Crippen LogP contribution in [0.3, 0.4) is 0 Å². The van der Waals surface area contributed by atoms with Crippen molar-refractivity contribution in [2.24, 2.45) is 0 Å². The van der Waals surface area contributed by atoms with Gasteiger partial charge in [-0.05, 0) is 75.6 Å². The van der Waals surface area contributed by atoms with Gasteiger partial charge in [0.1, 0.15) is 28.5 Å². The lowest BCUT2D eigenvalue weighted by Gasteiger charge is -2.32. The van der Waals surface area contributed by atoms with E-state index in [0.29, 0.717) is 0 Å². The first-order valence-electron chi connectivity index (χ1n) is 13.8. The number of rotatable bonds is 6. The molecule has 1 aliphatic rings. The highest BCUT2D eigenvalue weighted by Crippen LogP contribution is 2.54. The van der Waals surface area contributed by atoms with E-state index in [1.165, 1.54) is 21.2 Å². The van der Waals surface area contributed by atoms with Gasteiger partial charge in [-0.2, -0.15) is 0 Å². The zero-order valence-electron chi connectivity index (χ0n) is 23.5. The molecule has 6 rings (SSSR count). The molecule has 0 saturated carbocycles. The number of pyridine rings is 1. The van der Waals surface area contributed by atoms with Gasteiger partial charge in [-0.25, -0.2) is 0 Å². The molecular weight excluding hydrogens is 508 g/mol. The molecule has 3 nitrogen and oxygen atoms in total. The lowest BCUT2D eigenvalue weighted by atomic mass is 9.79. The SMILES string of the molecule is CC1(C)OB(c2ccc(-c3cc([P+](c4ccccc4)(c4ccccc4)c4ccccc4)ccn3)cc2)OC1(C)C. The summed E-state index contributed by atoms with van der Waals surface area (Å²) in [7, 11) is -2.57. The summed E-state index contributed by atoms with van der Waals surface area (Å²) in [6.07, 6.45) is 1.95. The van der Waals surface area contributed by atoms with Gasteiger partial charge in [-0.3, -0.25) is 4.98 Å². The van der Waals surface area contributed by atoms with Crippen LogP contribution in [0, 0.1) is 0 Å². The van der Waals surface area contributed by atoms with Crippen molar-refractivity contribution in [3.05, 3.63) is 134 Å². The summed E-state index contributed by atoms with van der Waals surface area (Å²) >= 11 is 0.